The third-order valence-electron chi connectivity index (χ3n) is 2.64. The molecule has 0 aliphatic carbocycles. The largest absolute Gasteiger partial charge is 0.310 e. The van der Waals surface area contributed by atoms with E-state index >= 15 is 0 Å². The molecule has 1 N–H and O–H groups in total. The second-order valence-electron chi connectivity index (χ2n) is 3.89. The molecule has 0 heterocycles. The van der Waals surface area contributed by atoms with Gasteiger partial charge in [0, 0.05) is 6.04 Å². The van der Waals surface area contributed by atoms with Gasteiger partial charge in [-0.15, -0.1) is 0 Å². The third-order valence-corrected chi connectivity index (χ3v) is 2.64. The molecule has 1 aromatic carbocycles. The van der Waals surface area contributed by atoms with Crippen molar-refractivity contribution in [3.8, 4) is 0 Å². The van der Waals surface area contributed by atoms with Crippen LogP contribution in [0, 0.1) is 6.92 Å². The molecule has 0 radical (unpaired) electrons. The molecule has 0 saturated carbocycles. The molecule has 1 aromatic rings. The highest BCUT2D eigenvalue weighted by molar-refractivity contribution is 5.28. The van der Waals surface area contributed by atoms with Crippen molar-refractivity contribution in [1.29, 1.82) is 0 Å². The number of benzene rings is 1. The average molecular weight is 191 g/mol. The fourth-order valence-corrected chi connectivity index (χ4v) is 1.68. The molecule has 1 heteroatoms. The summed E-state index contributed by atoms with van der Waals surface area (Å²) < 4.78 is 0. The Balaban J connectivity index is 2.51. The fourth-order valence-electron chi connectivity index (χ4n) is 1.68. The third kappa shape index (κ3) is 3.15. The van der Waals surface area contributed by atoms with Gasteiger partial charge < -0.3 is 5.32 Å². The first-order valence-electron chi connectivity index (χ1n) is 5.54. The standard InChI is InChI=1S/C13H21N/c1-4-5-10-14-12(3)13-9-7-6-8-11(13)2/h6-9,12,14H,4-5,10H2,1-3H3. The summed E-state index contributed by atoms with van der Waals surface area (Å²) in [5, 5.41) is 3.54. The van der Waals surface area contributed by atoms with Crippen LogP contribution in [0.25, 0.3) is 0 Å². The minimum absolute atomic E-state index is 0.475. The number of hydrogen-bond donors (Lipinski definition) is 1. The van der Waals surface area contributed by atoms with Gasteiger partial charge in [0.15, 0.2) is 0 Å². The van der Waals surface area contributed by atoms with E-state index in [0.29, 0.717) is 6.04 Å². The Labute approximate surface area is 87.5 Å². The summed E-state index contributed by atoms with van der Waals surface area (Å²) in [5.41, 5.74) is 2.80. The fraction of sp³-hybridized carbons (Fsp3) is 0.538. The van der Waals surface area contributed by atoms with Crippen molar-refractivity contribution >= 4 is 0 Å². The molecule has 78 valence electrons. The van der Waals surface area contributed by atoms with Crippen molar-refractivity contribution in [3.63, 3.8) is 0 Å². The van der Waals surface area contributed by atoms with Crippen LogP contribution < -0.4 is 5.32 Å². The minimum Gasteiger partial charge on any atom is -0.310 e. The van der Waals surface area contributed by atoms with Crippen molar-refractivity contribution in [1.82, 2.24) is 5.32 Å². The lowest BCUT2D eigenvalue weighted by atomic mass is 10.0. The van der Waals surface area contributed by atoms with Crippen molar-refractivity contribution in [2.75, 3.05) is 6.54 Å². The van der Waals surface area contributed by atoms with Crippen molar-refractivity contribution in [3.05, 3.63) is 35.4 Å². The predicted octanol–water partition coefficient (Wildman–Crippen LogP) is 3.45. The van der Waals surface area contributed by atoms with E-state index in [4.69, 9.17) is 0 Å². The molecule has 0 amide bonds. The van der Waals surface area contributed by atoms with Gasteiger partial charge in [-0.05, 0) is 37.9 Å². The smallest absolute Gasteiger partial charge is 0.0294 e. The Morgan fingerprint density at radius 3 is 2.64 bits per heavy atom. The maximum absolute atomic E-state index is 3.54. The molecule has 1 atom stereocenters. The zero-order valence-electron chi connectivity index (χ0n) is 9.51. The summed E-state index contributed by atoms with van der Waals surface area (Å²) in [7, 11) is 0. The summed E-state index contributed by atoms with van der Waals surface area (Å²) in [6.07, 6.45) is 2.52. The van der Waals surface area contributed by atoms with Gasteiger partial charge in [-0.25, -0.2) is 0 Å². The van der Waals surface area contributed by atoms with Gasteiger partial charge in [-0.1, -0.05) is 37.6 Å². The van der Waals surface area contributed by atoms with E-state index in [0.717, 1.165) is 6.54 Å². The molecule has 1 unspecified atom stereocenters. The highest BCUT2D eigenvalue weighted by Crippen LogP contribution is 2.16. The Hall–Kier alpha value is -0.820. The summed E-state index contributed by atoms with van der Waals surface area (Å²) in [4.78, 5) is 0. The molecule has 0 aliphatic heterocycles. The quantitative estimate of drug-likeness (QED) is 0.703. The number of nitrogens with one attached hydrogen (secondary N) is 1. The highest BCUT2D eigenvalue weighted by Gasteiger charge is 2.05. The summed E-state index contributed by atoms with van der Waals surface area (Å²) in [6.45, 7) is 7.75. The van der Waals surface area contributed by atoms with Crippen LogP contribution in [0.5, 0.6) is 0 Å². The van der Waals surface area contributed by atoms with Gasteiger partial charge in [0.2, 0.25) is 0 Å². The van der Waals surface area contributed by atoms with Crippen LogP contribution in [0.4, 0.5) is 0 Å². The molecule has 1 rings (SSSR count). The van der Waals surface area contributed by atoms with Gasteiger partial charge in [-0.2, -0.15) is 0 Å². The lowest BCUT2D eigenvalue weighted by molar-refractivity contribution is 0.552. The molecule has 1 nitrogen and oxygen atoms in total. The van der Waals surface area contributed by atoms with Crippen LogP contribution in [0.1, 0.15) is 43.9 Å². The predicted molar refractivity (Wildman–Crippen MR) is 62.5 cm³/mol. The molecule has 0 bridgehead atoms. The molecule has 0 fully saturated rings. The molecule has 0 aliphatic rings. The zero-order valence-corrected chi connectivity index (χ0v) is 9.51. The van der Waals surface area contributed by atoms with E-state index in [2.05, 4.69) is 50.4 Å². The molecule has 0 saturated heterocycles. The van der Waals surface area contributed by atoms with Crippen LogP contribution in [-0.2, 0) is 0 Å². The number of rotatable bonds is 5. The van der Waals surface area contributed by atoms with E-state index < -0.39 is 0 Å². The Morgan fingerprint density at radius 1 is 1.29 bits per heavy atom. The number of hydrogen-bond acceptors (Lipinski definition) is 1. The van der Waals surface area contributed by atoms with Gasteiger partial charge >= 0.3 is 0 Å². The first-order chi connectivity index (χ1) is 6.75. The summed E-state index contributed by atoms with van der Waals surface area (Å²) in [5.74, 6) is 0. The van der Waals surface area contributed by atoms with Crippen molar-refractivity contribution < 1.29 is 0 Å². The highest BCUT2D eigenvalue weighted by atomic mass is 14.9. The maximum Gasteiger partial charge on any atom is 0.0294 e. The molecule has 0 aromatic heterocycles. The summed E-state index contributed by atoms with van der Waals surface area (Å²) in [6, 6.07) is 9.06. The van der Waals surface area contributed by atoms with Crippen LogP contribution in [-0.4, -0.2) is 6.54 Å². The Bertz CT molecular complexity index is 268. The molecular formula is C13H21N. The lowest BCUT2D eigenvalue weighted by Gasteiger charge is -2.16. The monoisotopic (exact) mass is 191 g/mol. The van der Waals surface area contributed by atoms with Crippen LogP contribution in [0.3, 0.4) is 0 Å². The second kappa shape index (κ2) is 5.82. The van der Waals surface area contributed by atoms with Crippen LogP contribution in [0.2, 0.25) is 0 Å². The van der Waals surface area contributed by atoms with E-state index in [1.165, 1.54) is 24.0 Å². The van der Waals surface area contributed by atoms with Gasteiger partial charge in [-0.3, -0.25) is 0 Å². The van der Waals surface area contributed by atoms with Crippen LogP contribution in [0.15, 0.2) is 24.3 Å². The van der Waals surface area contributed by atoms with Crippen molar-refractivity contribution in [2.24, 2.45) is 0 Å². The maximum atomic E-state index is 3.54. The number of unbranched alkanes of at least 4 members (excludes halogenated alkanes) is 1. The second-order valence-corrected chi connectivity index (χ2v) is 3.89. The molecular weight excluding hydrogens is 170 g/mol. The van der Waals surface area contributed by atoms with E-state index in [9.17, 15) is 0 Å². The van der Waals surface area contributed by atoms with E-state index in [1.54, 1.807) is 0 Å². The minimum atomic E-state index is 0.475. The Kier molecular flexibility index (Phi) is 4.68. The molecule has 0 spiro atoms. The first kappa shape index (κ1) is 11.3. The van der Waals surface area contributed by atoms with E-state index in [-0.39, 0.29) is 0 Å². The Morgan fingerprint density at radius 2 is 2.00 bits per heavy atom. The van der Waals surface area contributed by atoms with E-state index in [1.807, 2.05) is 0 Å². The normalized spacial score (nSPS) is 12.8. The van der Waals surface area contributed by atoms with Gasteiger partial charge in [0.1, 0.15) is 0 Å². The van der Waals surface area contributed by atoms with Gasteiger partial charge in [0.25, 0.3) is 0 Å². The average Bonchev–Trinajstić information content (AvgIpc) is 2.18. The number of aryl methyl sites for hydroxylation is 1. The summed E-state index contributed by atoms with van der Waals surface area (Å²) >= 11 is 0. The zero-order chi connectivity index (χ0) is 10.4. The lowest BCUT2D eigenvalue weighted by Crippen LogP contribution is -2.20. The first-order valence-corrected chi connectivity index (χ1v) is 5.54. The van der Waals surface area contributed by atoms with Crippen molar-refractivity contribution in [2.45, 2.75) is 39.7 Å². The van der Waals surface area contributed by atoms with Gasteiger partial charge in [0.05, 0.1) is 0 Å². The molecule has 14 heavy (non-hydrogen) atoms. The topological polar surface area (TPSA) is 12.0 Å². The SMILES string of the molecule is CCCCNC(C)c1ccccc1C. The van der Waals surface area contributed by atoms with Crippen LogP contribution >= 0.6 is 0 Å².